The van der Waals surface area contributed by atoms with E-state index in [1.54, 1.807) is 36.7 Å². The number of carbonyl (C=O) groups excluding carboxylic acids is 1. The molecule has 0 unspecified atom stereocenters. The SMILES string of the molecule is COCCOc1ccc(S(=O)(=O)N(Cc2ccc(C(=O)NCC(F)(F)F)cc2)C2CC2)cc1. The maximum absolute atomic E-state index is 13.2. The molecule has 180 valence electrons. The van der Waals surface area contributed by atoms with Gasteiger partial charge in [-0.25, -0.2) is 8.42 Å². The number of ether oxygens (including phenoxy) is 2. The summed E-state index contributed by atoms with van der Waals surface area (Å²) in [6.45, 7) is -0.569. The molecule has 0 saturated heterocycles. The summed E-state index contributed by atoms with van der Waals surface area (Å²) in [4.78, 5) is 12.0. The average molecular weight is 487 g/mol. The molecule has 1 aliphatic carbocycles. The van der Waals surface area contributed by atoms with E-state index in [1.807, 2.05) is 0 Å². The number of alkyl halides is 3. The van der Waals surface area contributed by atoms with Gasteiger partial charge in [-0.1, -0.05) is 12.1 Å². The van der Waals surface area contributed by atoms with Gasteiger partial charge in [0.1, 0.15) is 18.9 Å². The van der Waals surface area contributed by atoms with Crippen molar-refractivity contribution >= 4 is 15.9 Å². The van der Waals surface area contributed by atoms with Crippen LogP contribution in [0.2, 0.25) is 0 Å². The van der Waals surface area contributed by atoms with Crippen LogP contribution in [0.5, 0.6) is 5.75 Å². The zero-order chi connectivity index (χ0) is 24.1. The molecule has 1 N–H and O–H groups in total. The minimum absolute atomic E-state index is 0.0629. The Morgan fingerprint density at radius 3 is 2.24 bits per heavy atom. The number of rotatable bonds is 11. The summed E-state index contributed by atoms with van der Waals surface area (Å²) in [7, 11) is -2.22. The Morgan fingerprint density at radius 2 is 1.70 bits per heavy atom. The number of carbonyl (C=O) groups is 1. The van der Waals surface area contributed by atoms with Crippen molar-refractivity contribution < 1.29 is 35.9 Å². The largest absolute Gasteiger partial charge is 0.491 e. The number of hydrogen-bond donors (Lipinski definition) is 1. The molecule has 0 aliphatic heterocycles. The lowest BCUT2D eigenvalue weighted by atomic mass is 10.1. The molecule has 1 fully saturated rings. The second-order valence-corrected chi connectivity index (χ2v) is 9.48. The van der Waals surface area contributed by atoms with Crippen LogP contribution in [0.3, 0.4) is 0 Å². The Kier molecular flexibility index (Phi) is 7.98. The number of nitrogens with one attached hydrogen (secondary N) is 1. The van der Waals surface area contributed by atoms with Gasteiger partial charge in [-0.15, -0.1) is 0 Å². The quantitative estimate of drug-likeness (QED) is 0.493. The lowest BCUT2D eigenvalue weighted by molar-refractivity contribution is -0.123. The number of methoxy groups -OCH3 is 1. The molecule has 0 bridgehead atoms. The Balaban J connectivity index is 1.68. The fourth-order valence-corrected chi connectivity index (χ4v) is 4.76. The Hall–Kier alpha value is -2.63. The van der Waals surface area contributed by atoms with E-state index in [4.69, 9.17) is 9.47 Å². The molecule has 0 heterocycles. The number of sulfonamides is 1. The summed E-state index contributed by atoms with van der Waals surface area (Å²) in [6, 6.07) is 11.9. The Labute approximate surface area is 190 Å². The van der Waals surface area contributed by atoms with Crippen LogP contribution in [0.1, 0.15) is 28.8 Å². The highest BCUT2D eigenvalue weighted by molar-refractivity contribution is 7.89. The highest BCUT2D eigenvalue weighted by atomic mass is 32.2. The normalized spacial score (nSPS) is 14.3. The highest BCUT2D eigenvalue weighted by Gasteiger charge is 2.38. The summed E-state index contributed by atoms with van der Waals surface area (Å²) in [6.07, 6.45) is -3.01. The number of benzene rings is 2. The van der Waals surface area contributed by atoms with Crippen molar-refractivity contribution in [2.75, 3.05) is 26.9 Å². The number of amides is 1. The first-order chi connectivity index (χ1) is 15.6. The monoisotopic (exact) mass is 486 g/mol. The van der Waals surface area contributed by atoms with Crippen LogP contribution in [0.25, 0.3) is 0 Å². The topological polar surface area (TPSA) is 84.9 Å². The predicted molar refractivity (Wildman–Crippen MR) is 114 cm³/mol. The van der Waals surface area contributed by atoms with E-state index in [0.29, 0.717) is 24.5 Å². The van der Waals surface area contributed by atoms with Crippen LogP contribution < -0.4 is 10.1 Å². The van der Waals surface area contributed by atoms with Crippen molar-refractivity contribution in [1.29, 1.82) is 0 Å². The summed E-state index contributed by atoms with van der Waals surface area (Å²) < 4.78 is 75.1. The van der Waals surface area contributed by atoms with Crippen molar-refractivity contribution in [3.63, 3.8) is 0 Å². The molecule has 0 atom stereocenters. The average Bonchev–Trinajstić information content (AvgIpc) is 3.61. The third-order valence-corrected chi connectivity index (χ3v) is 6.86. The molecule has 0 aromatic heterocycles. The molecular formula is C22H25F3N2O5S. The Morgan fingerprint density at radius 1 is 1.06 bits per heavy atom. The fourth-order valence-electron chi connectivity index (χ4n) is 3.08. The maximum atomic E-state index is 13.2. The van der Waals surface area contributed by atoms with E-state index in [-0.39, 0.29) is 23.0 Å². The smallest absolute Gasteiger partial charge is 0.405 e. The van der Waals surface area contributed by atoms with Gasteiger partial charge in [0.05, 0.1) is 11.5 Å². The predicted octanol–water partition coefficient (Wildman–Crippen LogP) is 3.36. The second-order valence-electron chi connectivity index (χ2n) is 7.59. The first-order valence-electron chi connectivity index (χ1n) is 10.3. The van der Waals surface area contributed by atoms with E-state index in [1.165, 1.54) is 28.6 Å². The summed E-state index contributed by atoms with van der Waals surface area (Å²) >= 11 is 0. The second kappa shape index (κ2) is 10.5. The molecule has 2 aromatic rings. The number of nitrogens with zero attached hydrogens (tertiary/aromatic N) is 1. The summed E-state index contributed by atoms with van der Waals surface area (Å²) in [5, 5.41) is 1.81. The van der Waals surface area contributed by atoms with Gasteiger partial charge in [-0.3, -0.25) is 4.79 Å². The van der Waals surface area contributed by atoms with Crippen molar-refractivity contribution in [3.8, 4) is 5.75 Å². The molecule has 0 radical (unpaired) electrons. The van der Waals surface area contributed by atoms with Gasteiger partial charge in [0.15, 0.2) is 0 Å². The lowest BCUT2D eigenvalue weighted by Crippen LogP contribution is -2.34. The van der Waals surface area contributed by atoms with Gasteiger partial charge in [-0.05, 0) is 54.8 Å². The van der Waals surface area contributed by atoms with E-state index in [2.05, 4.69) is 0 Å². The molecule has 1 saturated carbocycles. The minimum Gasteiger partial charge on any atom is -0.491 e. The number of hydrogen-bond acceptors (Lipinski definition) is 5. The first-order valence-corrected chi connectivity index (χ1v) is 11.7. The van der Waals surface area contributed by atoms with E-state index in [0.717, 1.165) is 12.8 Å². The molecule has 3 rings (SSSR count). The van der Waals surface area contributed by atoms with Crippen LogP contribution in [0.4, 0.5) is 13.2 Å². The van der Waals surface area contributed by atoms with Gasteiger partial charge >= 0.3 is 6.18 Å². The van der Waals surface area contributed by atoms with Crippen LogP contribution in [-0.4, -0.2) is 57.7 Å². The first kappa shape index (κ1) is 25.0. The van der Waals surface area contributed by atoms with Gasteiger partial charge < -0.3 is 14.8 Å². The summed E-state index contributed by atoms with van der Waals surface area (Å²) in [5.74, 6) is -0.318. The standard InChI is InChI=1S/C22H25F3N2O5S/c1-31-12-13-32-19-8-10-20(11-9-19)33(29,30)27(18-6-7-18)14-16-2-4-17(5-3-16)21(28)26-15-22(23,24)25/h2-5,8-11,18H,6-7,12-15H2,1H3,(H,26,28). The Bertz CT molecular complexity index is 1040. The van der Waals surface area contributed by atoms with Gasteiger partial charge in [0, 0.05) is 25.3 Å². The van der Waals surface area contributed by atoms with E-state index >= 15 is 0 Å². The van der Waals surface area contributed by atoms with E-state index < -0.39 is 28.7 Å². The van der Waals surface area contributed by atoms with Gasteiger partial charge in [-0.2, -0.15) is 17.5 Å². The van der Waals surface area contributed by atoms with Crippen LogP contribution in [-0.2, 0) is 21.3 Å². The van der Waals surface area contributed by atoms with Crippen molar-refractivity contribution in [1.82, 2.24) is 9.62 Å². The number of halogens is 3. The molecule has 1 amide bonds. The zero-order valence-electron chi connectivity index (χ0n) is 18.0. The van der Waals surface area contributed by atoms with Crippen LogP contribution in [0, 0.1) is 0 Å². The molecule has 33 heavy (non-hydrogen) atoms. The van der Waals surface area contributed by atoms with Crippen LogP contribution >= 0.6 is 0 Å². The summed E-state index contributed by atoms with van der Waals surface area (Å²) in [5.41, 5.74) is 0.685. The van der Waals surface area contributed by atoms with Crippen LogP contribution in [0.15, 0.2) is 53.4 Å². The lowest BCUT2D eigenvalue weighted by Gasteiger charge is -2.22. The van der Waals surface area contributed by atoms with Gasteiger partial charge in [0.25, 0.3) is 5.91 Å². The highest BCUT2D eigenvalue weighted by Crippen LogP contribution is 2.34. The molecule has 2 aromatic carbocycles. The third-order valence-electron chi connectivity index (χ3n) is 4.94. The van der Waals surface area contributed by atoms with Gasteiger partial charge in [0.2, 0.25) is 10.0 Å². The molecule has 11 heteroatoms. The molecular weight excluding hydrogens is 461 g/mol. The minimum atomic E-state index is -4.50. The zero-order valence-corrected chi connectivity index (χ0v) is 18.8. The van der Waals surface area contributed by atoms with Crippen molar-refractivity contribution in [2.45, 2.75) is 36.5 Å². The molecule has 7 nitrogen and oxygen atoms in total. The molecule has 1 aliphatic rings. The maximum Gasteiger partial charge on any atom is 0.405 e. The third kappa shape index (κ3) is 7.18. The van der Waals surface area contributed by atoms with Crippen molar-refractivity contribution in [2.24, 2.45) is 0 Å². The van der Waals surface area contributed by atoms with E-state index in [9.17, 15) is 26.4 Å². The molecule has 0 spiro atoms. The fraction of sp³-hybridized carbons (Fsp3) is 0.409. The van der Waals surface area contributed by atoms with Crippen molar-refractivity contribution in [3.05, 3.63) is 59.7 Å².